The standard InChI is InChI=1S/C18H19FN2O2S/c19-13-4-1-3-12(9-13)18-20-14(11-24-18)10-17(22)21-7-8-23-16-6-2-5-15(16)21/h1,3-4,9,11,15-16H,2,5-8,10H2/t15-,16-/m1/s1. The van der Waals surface area contributed by atoms with Gasteiger partial charge in [-0.3, -0.25) is 4.79 Å². The molecule has 1 saturated carbocycles. The van der Waals surface area contributed by atoms with E-state index in [0.29, 0.717) is 19.6 Å². The average Bonchev–Trinajstić information content (AvgIpc) is 3.23. The Morgan fingerprint density at radius 1 is 1.42 bits per heavy atom. The zero-order valence-electron chi connectivity index (χ0n) is 13.3. The number of carbonyl (C=O) groups is 1. The van der Waals surface area contributed by atoms with Crippen molar-refractivity contribution in [3.63, 3.8) is 0 Å². The highest BCUT2D eigenvalue weighted by Gasteiger charge is 2.38. The molecule has 1 aromatic heterocycles. The van der Waals surface area contributed by atoms with Gasteiger partial charge in [0.1, 0.15) is 10.8 Å². The second-order valence-electron chi connectivity index (χ2n) is 6.33. The van der Waals surface area contributed by atoms with Gasteiger partial charge in [-0.05, 0) is 31.4 Å². The highest BCUT2D eigenvalue weighted by atomic mass is 32.1. The summed E-state index contributed by atoms with van der Waals surface area (Å²) in [6.07, 6.45) is 3.71. The van der Waals surface area contributed by atoms with Crippen LogP contribution in [-0.2, 0) is 16.0 Å². The first-order valence-corrected chi connectivity index (χ1v) is 9.20. The van der Waals surface area contributed by atoms with E-state index >= 15 is 0 Å². The molecule has 2 aromatic rings. The predicted octanol–water partition coefficient (Wildman–Crippen LogP) is 3.27. The molecule has 126 valence electrons. The van der Waals surface area contributed by atoms with E-state index in [1.54, 1.807) is 6.07 Å². The summed E-state index contributed by atoms with van der Waals surface area (Å²) < 4.78 is 19.1. The molecule has 1 aliphatic carbocycles. The van der Waals surface area contributed by atoms with Crippen LogP contribution in [0.5, 0.6) is 0 Å². The predicted molar refractivity (Wildman–Crippen MR) is 90.3 cm³/mol. The van der Waals surface area contributed by atoms with Gasteiger partial charge in [-0.1, -0.05) is 12.1 Å². The zero-order valence-corrected chi connectivity index (χ0v) is 14.1. The number of benzene rings is 1. The minimum Gasteiger partial charge on any atom is -0.374 e. The van der Waals surface area contributed by atoms with E-state index in [-0.39, 0.29) is 23.9 Å². The Hall–Kier alpha value is -1.79. The molecule has 4 rings (SSSR count). The summed E-state index contributed by atoms with van der Waals surface area (Å²) in [6, 6.07) is 6.62. The Balaban J connectivity index is 1.46. The lowest BCUT2D eigenvalue weighted by molar-refractivity contribution is -0.143. The molecule has 2 fully saturated rings. The molecule has 2 aliphatic rings. The van der Waals surface area contributed by atoms with Crippen molar-refractivity contribution in [3.8, 4) is 10.6 Å². The van der Waals surface area contributed by atoms with E-state index < -0.39 is 0 Å². The Bertz CT molecular complexity index is 748. The molecule has 4 nitrogen and oxygen atoms in total. The monoisotopic (exact) mass is 346 g/mol. The summed E-state index contributed by atoms with van der Waals surface area (Å²) in [5.74, 6) is -0.160. The van der Waals surface area contributed by atoms with Crippen molar-refractivity contribution in [3.05, 3.63) is 41.2 Å². The topological polar surface area (TPSA) is 42.4 Å². The number of morpholine rings is 1. The van der Waals surface area contributed by atoms with Crippen LogP contribution in [0.1, 0.15) is 25.0 Å². The van der Waals surface area contributed by atoms with Crippen molar-refractivity contribution in [2.45, 2.75) is 37.8 Å². The molecule has 0 N–H and O–H groups in total. The molecule has 0 unspecified atom stereocenters. The summed E-state index contributed by atoms with van der Waals surface area (Å²) in [7, 11) is 0. The molecule has 1 aromatic carbocycles. The summed E-state index contributed by atoms with van der Waals surface area (Å²) in [5, 5.41) is 2.64. The lowest BCUT2D eigenvalue weighted by atomic mass is 10.1. The molecular weight excluding hydrogens is 327 g/mol. The van der Waals surface area contributed by atoms with E-state index in [0.717, 1.165) is 35.5 Å². The molecule has 1 saturated heterocycles. The van der Waals surface area contributed by atoms with Gasteiger partial charge < -0.3 is 9.64 Å². The SMILES string of the molecule is O=C(Cc1csc(-c2cccc(F)c2)n1)N1CCO[C@@H]2CCC[C@H]21. The van der Waals surface area contributed by atoms with Gasteiger partial charge in [0.25, 0.3) is 0 Å². The van der Waals surface area contributed by atoms with E-state index in [1.807, 2.05) is 16.3 Å². The molecule has 2 atom stereocenters. The number of halogens is 1. The molecule has 1 amide bonds. The first kappa shape index (κ1) is 15.7. The second kappa shape index (κ2) is 6.61. The normalized spacial score (nSPS) is 23.3. The molecule has 6 heteroatoms. The summed E-state index contributed by atoms with van der Waals surface area (Å²) in [4.78, 5) is 19.2. The van der Waals surface area contributed by atoms with Crippen molar-refractivity contribution >= 4 is 17.2 Å². The van der Waals surface area contributed by atoms with Crippen LogP contribution < -0.4 is 0 Å². The van der Waals surface area contributed by atoms with Crippen LogP contribution in [0.2, 0.25) is 0 Å². The first-order chi connectivity index (χ1) is 11.7. The largest absolute Gasteiger partial charge is 0.374 e. The lowest BCUT2D eigenvalue weighted by Gasteiger charge is -2.37. The van der Waals surface area contributed by atoms with Gasteiger partial charge in [0.2, 0.25) is 5.91 Å². The molecule has 2 heterocycles. The number of hydrogen-bond donors (Lipinski definition) is 0. The van der Waals surface area contributed by atoms with Crippen molar-refractivity contribution in [2.24, 2.45) is 0 Å². The van der Waals surface area contributed by atoms with Crippen molar-refractivity contribution in [1.29, 1.82) is 0 Å². The molecular formula is C18H19FN2O2S. The molecule has 0 radical (unpaired) electrons. The van der Waals surface area contributed by atoms with Crippen molar-refractivity contribution in [2.75, 3.05) is 13.2 Å². The van der Waals surface area contributed by atoms with Crippen LogP contribution in [0, 0.1) is 5.82 Å². The van der Waals surface area contributed by atoms with Crippen molar-refractivity contribution in [1.82, 2.24) is 9.88 Å². The quantitative estimate of drug-likeness (QED) is 0.857. The van der Waals surface area contributed by atoms with Gasteiger partial charge in [0.15, 0.2) is 0 Å². The number of carbonyl (C=O) groups excluding carboxylic acids is 1. The Morgan fingerprint density at radius 3 is 3.21 bits per heavy atom. The Morgan fingerprint density at radius 2 is 2.33 bits per heavy atom. The van der Waals surface area contributed by atoms with Gasteiger partial charge in [-0.25, -0.2) is 9.37 Å². The van der Waals surface area contributed by atoms with Crippen LogP contribution in [0.3, 0.4) is 0 Å². The van der Waals surface area contributed by atoms with Crippen LogP contribution in [-0.4, -0.2) is 41.1 Å². The first-order valence-electron chi connectivity index (χ1n) is 8.32. The number of hydrogen-bond acceptors (Lipinski definition) is 4. The highest BCUT2D eigenvalue weighted by Crippen LogP contribution is 2.30. The number of amides is 1. The maximum atomic E-state index is 13.3. The third kappa shape index (κ3) is 3.08. The number of aromatic nitrogens is 1. The summed E-state index contributed by atoms with van der Waals surface area (Å²) >= 11 is 1.45. The average molecular weight is 346 g/mol. The highest BCUT2D eigenvalue weighted by molar-refractivity contribution is 7.13. The number of fused-ring (bicyclic) bond motifs is 1. The van der Waals surface area contributed by atoms with Gasteiger partial charge >= 0.3 is 0 Å². The molecule has 1 aliphatic heterocycles. The third-order valence-corrected chi connectivity index (χ3v) is 5.70. The van der Waals surface area contributed by atoms with E-state index in [9.17, 15) is 9.18 Å². The van der Waals surface area contributed by atoms with Gasteiger partial charge in [0.05, 0.1) is 30.9 Å². The van der Waals surface area contributed by atoms with Crippen LogP contribution in [0.4, 0.5) is 4.39 Å². The van der Waals surface area contributed by atoms with Crippen molar-refractivity contribution < 1.29 is 13.9 Å². The smallest absolute Gasteiger partial charge is 0.229 e. The van der Waals surface area contributed by atoms with Gasteiger partial charge in [0, 0.05) is 17.5 Å². The number of rotatable bonds is 3. The number of nitrogens with zero attached hydrogens (tertiary/aromatic N) is 2. The minimum absolute atomic E-state index is 0.117. The van der Waals surface area contributed by atoms with E-state index in [4.69, 9.17) is 4.74 Å². The number of ether oxygens (including phenoxy) is 1. The lowest BCUT2D eigenvalue weighted by Crippen LogP contribution is -2.51. The molecule has 24 heavy (non-hydrogen) atoms. The van der Waals surface area contributed by atoms with Gasteiger partial charge in [-0.15, -0.1) is 11.3 Å². The van der Waals surface area contributed by atoms with Crippen LogP contribution in [0.15, 0.2) is 29.6 Å². The van der Waals surface area contributed by atoms with Gasteiger partial charge in [-0.2, -0.15) is 0 Å². The van der Waals surface area contributed by atoms with Crippen LogP contribution in [0.25, 0.3) is 10.6 Å². The van der Waals surface area contributed by atoms with E-state index in [1.165, 1.54) is 23.5 Å². The fourth-order valence-corrected chi connectivity index (χ4v) is 4.45. The number of thiazole rings is 1. The fourth-order valence-electron chi connectivity index (χ4n) is 3.63. The second-order valence-corrected chi connectivity index (χ2v) is 7.18. The molecule has 0 bridgehead atoms. The summed E-state index contributed by atoms with van der Waals surface area (Å²) in [5.41, 5.74) is 1.51. The zero-order chi connectivity index (χ0) is 16.5. The minimum atomic E-state index is -0.277. The van der Waals surface area contributed by atoms with E-state index in [2.05, 4.69) is 4.98 Å². The summed E-state index contributed by atoms with van der Waals surface area (Å²) in [6.45, 7) is 1.29. The molecule has 0 spiro atoms. The maximum absolute atomic E-state index is 13.3. The third-order valence-electron chi connectivity index (χ3n) is 4.76. The fraction of sp³-hybridized carbons (Fsp3) is 0.444. The Labute approximate surface area is 144 Å². The Kier molecular flexibility index (Phi) is 4.33. The van der Waals surface area contributed by atoms with Crippen LogP contribution >= 0.6 is 11.3 Å². The maximum Gasteiger partial charge on any atom is 0.229 e.